The van der Waals surface area contributed by atoms with Gasteiger partial charge in [0.25, 0.3) is 0 Å². The highest BCUT2D eigenvalue weighted by atomic mass is 79.9. The van der Waals surface area contributed by atoms with Crippen molar-refractivity contribution >= 4 is 39.6 Å². The Kier molecular flexibility index (Phi) is 8.66. The standard InChI is InChI=1S/C26H24BrNO5/c1-3-32-26(30)20-10-12-21(13-11-20)28-24(29)14-9-19-15-22(27)25(23(16-19)31-2)33-17-18-7-5-4-6-8-18/h4-16H,3,17H2,1-2H3,(H,28,29)/b14-9+. The summed E-state index contributed by atoms with van der Waals surface area (Å²) in [6.45, 7) is 2.46. The van der Waals surface area contributed by atoms with Crippen LogP contribution in [-0.2, 0) is 16.1 Å². The summed E-state index contributed by atoms with van der Waals surface area (Å²) in [6.07, 6.45) is 3.10. The summed E-state index contributed by atoms with van der Waals surface area (Å²) in [4.78, 5) is 24.0. The number of amides is 1. The number of carbonyl (C=O) groups is 2. The number of ether oxygens (including phenoxy) is 3. The number of esters is 1. The molecule has 0 saturated carbocycles. The first-order valence-corrected chi connectivity index (χ1v) is 11.1. The normalized spacial score (nSPS) is 10.6. The second-order valence-corrected chi connectivity index (χ2v) is 7.78. The first-order chi connectivity index (χ1) is 16.0. The molecule has 1 N–H and O–H groups in total. The van der Waals surface area contributed by atoms with E-state index in [1.54, 1.807) is 50.4 Å². The van der Waals surface area contributed by atoms with Crippen molar-refractivity contribution in [2.75, 3.05) is 19.0 Å². The minimum Gasteiger partial charge on any atom is -0.493 e. The van der Waals surface area contributed by atoms with E-state index >= 15 is 0 Å². The highest BCUT2D eigenvalue weighted by Gasteiger charge is 2.12. The van der Waals surface area contributed by atoms with Crippen LogP contribution in [0.5, 0.6) is 11.5 Å². The van der Waals surface area contributed by atoms with E-state index < -0.39 is 5.97 Å². The highest BCUT2D eigenvalue weighted by Crippen LogP contribution is 2.37. The first kappa shape index (κ1) is 24.1. The van der Waals surface area contributed by atoms with Crippen LogP contribution < -0.4 is 14.8 Å². The van der Waals surface area contributed by atoms with Gasteiger partial charge in [-0.1, -0.05) is 30.3 Å². The molecule has 0 heterocycles. The minimum atomic E-state index is -0.397. The van der Waals surface area contributed by atoms with Gasteiger partial charge >= 0.3 is 5.97 Å². The molecule has 0 aromatic heterocycles. The van der Waals surface area contributed by atoms with E-state index in [1.165, 1.54) is 6.08 Å². The Morgan fingerprint density at radius 1 is 1.03 bits per heavy atom. The molecular weight excluding hydrogens is 486 g/mol. The van der Waals surface area contributed by atoms with E-state index in [9.17, 15) is 9.59 Å². The van der Waals surface area contributed by atoms with Gasteiger partial charge in [0, 0.05) is 11.8 Å². The van der Waals surface area contributed by atoms with Crippen LogP contribution in [-0.4, -0.2) is 25.6 Å². The van der Waals surface area contributed by atoms with Crippen LogP contribution in [0.25, 0.3) is 6.08 Å². The van der Waals surface area contributed by atoms with Crippen molar-refractivity contribution in [2.45, 2.75) is 13.5 Å². The highest BCUT2D eigenvalue weighted by molar-refractivity contribution is 9.10. The van der Waals surface area contributed by atoms with Crippen LogP contribution in [0.3, 0.4) is 0 Å². The summed E-state index contributed by atoms with van der Waals surface area (Å²) in [5, 5.41) is 2.76. The van der Waals surface area contributed by atoms with Gasteiger partial charge in [0.2, 0.25) is 5.91 Å². The quantitative estimate of drug-likeness (QED) is 0.288. The predicted octanol–water partition coefficient (Wildman–Crippen LogP) is 5.87. The van der Waals surface area contributed by atoms with E-state index in [0.717, 1.165) is 11.1 Å². The summed E-state index contributed by atoms with van der Waals surface area (Å²) in [6, 6.07) is 20.0. The Morgan fingerprint density at radius 2 is 1.76 bits per heavy atom. The van der Waals surface area contributed by atoms with Crippen molar-refractivity contribution in [3.63, 3.8) is 0 Å². The van der Waals surface area contributed by atoms with Gasteiger partial charge in [-0.05, 0) is 76.5 Å². The molecule has 0 saturated heterocycles. The van der Waals surface area contributed by atoms with E-state index in [2.05, 4.69) is 21.2 Å². The van der Waals surface area contributed by atoms with Crippen molar-refractivity contribution in [3.05, 3.63) is 94.0 Å². The first-order valence-electron chi connectivity index (χ1n) is 10.3. The third-order valence-electron chi connectivity index (χ3n) is 4.57. The Bertz CT molecular complexity index is 1130. The Morgan fingerprint density at radius 3 is 2.42 bits per heavy atom. The number of nitrogens with one attached hydrogen (secondary N) is 1. The fourth-order valence-electron chi connectivity index (χ4n) is 2.97. The number of hydrogen-bond donors (Lipinski definition) is 1. The summed E-state index contributed by atoms with van der Waals surface area (Å²) >= 11 is 3.53. The molecule has 0 radical (unpaired) electrons. The number of carbonyl (C=O) groups excluding carboxylic acids is 2. The molecule has 0 fully saturated rings. The maximum atomic E-state index is 12.3. The number of anilines is 1. The van der Waals surface area contributed by atoms with Gasteiger partial charge in [0.05, 0.1) is 23.8 Å². The molecule has 0 bridgehead atoms. The van der Waals surface area contributed by atoms with Crippen molar-refractivity contribution in [1.82, 2.24) is 0 Å². The molecule has 0 unspecified atom stereocenters. The topological polar surface area (TPSA) is 73.9 Å². The molecule has 0 aliphatic heterocycles. The molecule has 0 atom stereocenters. The summed E-state index contributed by atoms with van der Waals surface area (Å²) in [7, 11) is 1.57. The zero-order valence-electron chi connectivity index (χ0n) is 18.3. The maximum absolute atomic E-state index is 12.3. The van der Waals surface area contributed by atoms with E-state index in [4.69, 9.17) is 14.2 Å². The number of halogens is 1. The van der Waals surface area contributed by atoms with Crippen molar-refractivity contribution in [3.8, 4) is 11.5 Å². The largest absolute Gasteiger partial charge is 0.493 e. The third-order valence-corrected chi connectivity index (χ3v) is 5.16. The van der Waals surface area contributed by atoms with Crippen LogP contribution in [0.1, 0.15) is 28.4 Å². The summed E-state index contributed by atoms with van der Waals surface area (Å²) in [5.74, 6) is 0.434. The second-order valence-electron chi connectivity index (χ2n) is 6.93. The average molecular weight is 510 g/mol. The number of benzene rings is 3. The van der Waals surface area contributed by atoms with Crippen LogP contribution in [0, 0.1) is 0 Å². The lowest BCUT2D eigenvalue weighted by Crippen LogP contribution is -2.09. The SMILES string of the molecule is CCOC(=O)c1ccc(NC(=O)/C=C/c2cc(Br)c(OCc3ccccc3)c(OC)c2)cc1. The Labute approximate surface area is 201 Å². The molecule has 3 aromatic carbocycles. The zero-order valence-corrected chi connectivity index (χ0v) is 19.9. The zero-order chi connectivity index (χ0) is 23.6. The van der Waals surface area contributed by atoms with Crippen LogP contribution >= 0.6 is 15.9 Å². The Balaban J connectivity index is 1.64. The molecule has 0 aliphatic rings. The molecule has 170 valence electrons. The lowest BCUT2D eigenvalue weighted by atomic mass is 10.1. The Hall–Kier alpha value is -3.58. The van der Waals surface area contributed by atoms with Gasteiger partial charge in [0.15, 0.2) is 11.5 Å². The predicted molar refractivity (Wildman–Crippen MR) is 132 cm³/mol. The van der Waals surface area contributed by atoms with Crippen LogP contribution in [0.4, 0.5) is 5.69 Å². The molecule has 33 heavy (non-hydrogen) atoms. The third kappa shape index (κ3) is 6.95. The van der Waals surface area contributed by atoms with Gasteiger partial charge in [0.1, 0.15) is 6.61 Å². The minimum absolute atomic E-state index is 0.307. The fraction of sp³-hybridized carbons (Fsp3) is 0.154. The van der Waals surface area contributed by atoms with Crippen molar-refractivity contribution in [2.24, 2.45) is 0 Å². The average Bonchev–Trinajstić information content (AvgIpc) is 2.83. The fourth-order valence-corrected chi connectivity index (χ4v) is 3.54. The van der Waals surface area contributed by atoms with Crippen molar-refractivity contribution < 1.29 is 23.8 Å². The number of rotatable bonds is 9. The maximum Gasteiger partial charge on any atom is 0.338 e. The smallest absolute Gasteiger partial charge is 0.338 e. The van der Waals surface area contributed by atoms with Gasteiger partial charge in [-0.25, -0.2) is 4.79 Å². The number of hydrogen-bond acceptors (Lipinski definition) is 5. The second kappa shape index (κ2) is 11.9. The summed E-state index contributed by atoms with van der Waals surface area (Å²) < 4.78 is 17.1. The van der Waals surface area contributed by atoms with Crippen molar-refractivity contribution in [1.29, 1.82) is 0 Å². The van der Waals surface area contributed by atoms with Gasteiger partial charge in [-0.3, -0.25) is 4.79 Å². The van der Waals surface area contributed by atoms with Gasteiger partial charge < -0.3 is 19.5 Å². The molecule has 1 amide bonds. The molecule has 3 aromatic rings. The van der Waals surface area contributed by atoms with Gasteiger partial charge in [-0.15, -0.1) is 0 Å². The van der Waals surface area contributed by atoms with E-state index in [-0.39, 0.29) is 5.91 Å². The lowest BCUT2D eigenvalue weighted by Gasteiger charge is -2.13. The molecule has 0 spiro atoms. The number of methoxy groups -OCH3 is 1. The van der Waals surface area contributed by atoms with Crippen LogP contribution in [0.15, 0.2) is 77.3 Å². The molecule has 7 heteroatoms. The van der Waals surface area contributed by atoms with Gasteiger partial charge in [-0.2, -0.15) is 0 Å². The molecular formula is C26H24BrNO5. The molecule has 3 rings (SSSR count). The van der Waals surface area contributed by atoms with Crippen LogP contribution in [0.2, 0.25) is 0 Å². The molecule has 0 aliphatic carbocycles. The van der Waals surface area contributed by atoms with E-state index in [0.29, 0.717) is 40.4 Å². The monoisotopic (exact) mass is 509 g/mol. The summed E-state index contributed by atoms with van der Waals surface area (Å²) in [5.41, 5.74) is 2.80. The lowest BCUT2D eigenvalue weighted by molar-refractivity contribution is -0.111. The van der Waals surface area contributed by atoms with E-state index in [1.807, 2.05) is 36.4 Å². The molecule has 6 nitrogen and oxygen atoms in total.